The first-order valence-electron chi connectivity index (χ1n) is 7.12. The summed E-state index contributed by atoms with van der Waals surface area (Å²) >= 11 is 0. The maximum Gasteiger partial charge on any atom is 0.308 e. The minimum Gasteiger partial charge on any atom is -0.481 e. The highest BCUT2D eigenvalue weighted by Crippen LogP contribution is 2.35. The average molecular weight is 293 g/mol. The molecule has 1 fully saturated rings. The van der Waals surface area contributed by atoms with Crippen molar-refractivity contribution in [3.05, 3.63) is 35.6 Å². The number of piperidine rings is 1. The average Bonchev–Trinajstić information content (AvgIpc) is 2.37. The van der Waals surface area contributed by atoms with Crippen LogP contribution in [0.2, 0.25) is 0 Å². The molecule has 5 heteroatoms. The third-order valence-corrected chi connectivity index (χ3v) is 4.39. The molecule has 2 rings (SSSR count). The van der Waals surface area contributed by atoms with Crippen molar-refractivity contribution in [2.24, 2.45) is 11.8 Å². The number of carboxylic acid groups (broad SMARTS) is 1. The van der Waals surface area contributed by atoms with Crippen LogP contribution in [0, 0.1) is 17.7 Å². The summed E-state index contributed by atoms with van der Waals surface area (Å²) in [5, 5.41) is 9.38. The molecule has 1 amide bonds. The number of carbonyl (C=O) groups excluding carboxylic acids is 1. The van der Waals surface area contributed by atoms with E-state index >= 15 is 0 Å². The van der Waals surface area contributed by atoms with E-state index in [9.17, 15) is 19.1 Å². The Bertz CT molecular complexity index is 560. The summed E-state index contributed by atoms with van der Waals surface area (Å²) in [4.78, 5) is 25.3. The Morgan fingerprint density at radius 3 is 2.67 bits per heavy atom. The second-order valence-electron chi connectivity index (χ2n) is 5.82. The van der Waals surface area contributed by atoms with Gasteiger partial charge in [0.05, 0.1) is 12.0 Å². The molecule has 0 radical (unpaired) electrons. The number of amides is 1. The van der Waals surface area contributed by atoms with Crippen LogP contribution in [0.1, 0.15) is 38.8 Å². The summed E-state index contributed by atoms with van der Waals surface area (Å²) in [5.41, 5.74) is 0.675. The van der Waals surface area contributed by atoms with Gasteiger partial charge in [0.2, 0.25) is 5.91 Å². The second kappa shape index (κ2) is 5.84. The van der Waals surface area contributed by atoms with Gasteiger partial charge in [-0.1, -0.05) is 19.1 Å². The SMILES string of the molecule is CC1CC(=O)N(C(C)c2cccc(F)c2)C(C)C1C(=O)O. The van der Waals surface area contributed by atoms with E-state index in [2.05, 4.69) is 0 Å². The number of halogens is 1. The molecule has 21 heavy (non-hydrogen) atoms. The number of carbonyl (C=O) groups is 2. The Morgan fingerprint density at radius 1 is 1.43 bits per heavy atom. The minimum absolute atomic E-state index is 0.0794. The van der Waals surface area contributed by atoms with E-state index in [1.807, 2.05) is 0 Å². The Hall–Kier alpha value is -1.91. The molecule has 1 heterocycles. The fourth-order valence-electron chi connectivity index (χ4n) is 3.33. The highest BCUT2D eigenvalue weighted by atomic mass is 19.1. The van der Waals surface area contributed by atoms with E-state index in [-0.39, 0.29) is 30.1 Å². The van der Waals surface area contributed by atoms with Gasteiger partial charge in [0, 0.05) is 12.5 Å². The molecule has 4 nitrogen and oxygen atoms in total. The van der Waals surface area contributed by atoms with Crippen molar-refractivity contribution in [1.82, 2.24) is 4.90 Å². The van der Waals surface area contributed by atoms with Crippen molar-refractivity contribution in [3.8, 4) is 0 Å². The molecule has 1 aliphatic heterocycles. The van der Waals surface area contributed by atoms with E-state index in [4.69, 9.17) is 0 Å². The van der Waals surface area contributed by atoms with E-state index in [1.54, 1.807) is 37.8 Å². The van der Waals surface area contributed by atoms with Gasteiger partial charge < -0.3 is 10.0 Å². The summed E-state index contributed by atoms with van der Waals surface area (Å²) in [7, 11) is 0. The number of carboxylic acids is 1. The maximum absolute atomic E-state index is 13.4. The number of aliphatic carboxylic acids is 1. The Morgan fingerprint density at radius 2 is 2.10 bits per heavy atom. The zero-order chi connectivity index (χ0) is 15.7. The van der Waals surface area contributed by atoms with Crippen LogP contribution < -0.4 is 0 Å². The lowest BCUT2D eigenvalue weighted by atomic mass is 9.80. The molecule has 1 aliphatic rings. The van der Waals surface area contributed by atoms with Gasteiger partial charge in [-0.05, 0) is 37.5 Å². The van der Waals surface area contributed by atoms with Crippen LogP contribution in [-0.4, -0.2) is 27.9 Å². The lowest BCUT2D eigenvalue weighted by Crippen LogP contribution is -2.53. The van der Waals surface area contributed by atoms with Gasteiger partial charge in [0.25, 0.3) is 0 Å². The Labute approximate surface area is 123 Å². The molecular formula is C16H20FNO3. The number of likely N-dealkylation sites (tertiary alicyclic amines) is 1. The monoisotopic (exact) mass is 293 g/mol. The van der Waals surface area contributed by atoms with Crippen LogP contribution in [0.3, 0.4) is 0 Å². The number of nitrogens with zero attached hydrogens (tertiary/aromatic N) is 1. The fourth-order valence-corrected chi connectivity index (χ4v) is 3.33. The van der Waals surface area contributed by atoms with E-state index in [0.29, 0.717) is 5.56 Å². The molecule has 0 saturated carbocycles. The molecule has 0 spiro atoms. The number of benzene rings is 1. The molecule has 1 aromatic rings. The maximum atomic E-state index is 13.4. The smallest absolute Gasteiger partial charge is 0.308 e. The summed E-state index contributed by atoms with van der Waals surface area (Å²) in [6.45, 7) is 5.34. The molecular weight excluding hydrogens is 273 g/mol. The second-order valence-corrected chi connectivity index (χ2v) is 5.82. The molecule has 1 aromatic carbocycles. The third-order valence-electron chi connectivity index (χ3n) is 4.39. The predicted octanol–water partition coefficient (Wildman–Crippen LogP) is 2.84. The molecule has 0 aliphatic carbocycles. The quantitative estimate of drug-likeness (QED) is 0.932. The van der Waals surface area contributed by atoms with Gasteiger partial charge in [0.15, 0.2) is 0 Å². The summed E-state index contributed by atoms with van der Waals surface area (Å²) in [5.74, 6) is -2.12. The molecule has 1 N–H and O–H groups in total. The summed E-state index contributed by atoms with van der Waals surface area (Å²) < 4.78 is 13.4. The van der Waals surface area contributed by atoms with Crippen molar-refractivity contribution >= 4 is 11.9 Å². The van der Waals surface area contributed by atoms with Gasteiger partial charge in [0.1, 0.15) is 5.82 Å². The number of rotatable bonds is 3. The fraction of sp³-hybridized carbons (Fsp3) is 0.500. The zero-order valence-electron chi connectivity index (χ0n) is 12.4. The molecule has 1 saturated heterocycles. The van der Waals surface area contributed by atoms with E-state index in [0.717, 1.165) is 0 Å². The first-order valence-corrected chi connectivity index (χ1v) is 7.12. The topological polar surface area (TPSA) is 57.6 Å². The predicted molar refractivity (Wildman–Crippen MR) is 76.0 cm³/mol. The molecule has 0 aromatic heterocycles. The van der Waals surface area contributed by atoms with Gasteiger partial charge in [-0.15, -0.1) is 0 Å². The largest absolute Gasteiger partial charge is 0.481 e. The van der Waals surface area contributed by atoms with Gasteiger partial charge >= 0.3 is 5.97 Å². The normalized spacial score (nSPS) is 27.5. The van der Waals surface area contributed by atoms with Crippen LogP contribution >= 0.6 is 0 Å². The van der Waals surface area contributed by atoms with Crippen LogP contribution in [0.25, 0.3) is 0 Å². The van der Waals surface area contributed by atoms with Gasteiger partial charge in [-0.3, -0.25) is 9.59 Å². The Kier molecular flexibility index (Phi) is 4.30. The summed E-state index contributed by atoms with van der Waals surface area (Å²) in [6, 6.07) is 5.31. The minimum atomic E-state index is -0.890. The standard InChI is InChI=1S/C16H20FNO3/c1-9-7-14(19)18(11(3)15(9)16(20)21)10(2)12-5-4-6-13(17)8-12/h4-6,8-11,15H,7H2,1-3H3,(H,20,21). The van der Waals surface area contributed by atoms with Crippen LogP contribution in [0.5, 0.6) is 0 Å². The molecule has 4 atom stereocenters. The third kappa shape index (κ3) is 2.91. The van der Waals surface area contributed by atoms with Crippen molar-refractivity contribution < 1.29 is 19.1 Å². The molecule has 4 unspecified atom stereocenters. The first-order chi connectivity index (χ1) is 9.82. The van der Waals surface area contributed by atoms with Crippen LogP contribution in [0.4, 0.5) is 4.39 Å². The first kappa shape index (κ1) is 15.5. The lowest BCUT2D eigenvalue weighted by molar-refractivity contribution is -0.156. The van der Waals surface area contributed by atoms with Crippen molar-refractivity contribution in [2.45, 2.75) is 39.3 Å². The Balaban J connectivity index is 2.32. The summed E-state index contributed by atoms with van der Waals surface area (Å²) in [6.07, 6.45) is 0.209. The van der Waals surface area contributed by atoms with E-state index < -0.39 is 17.9 Å². The van der Waals surface area contributed by atoms with Crippen molar-refractivity contribution in [1.29, 1.82) is 0 Å². The van der Waals surface area contributed by atoms with Gasteiger partial charge in [-0.25, -0.2) is 4.39 Å². The van der Waals surface area contributed by atoms with E-state index in [1.165, 1.54) is 12.1 Å². The molecule has 114 valence electrons. The lowest BCUT2D eigenvalue weighted by Gasteiger charge is -2.44. The number of hydrogen-bond acceptors (Lipinski definition) is 2. The van der Waals surface area contributed by atoms with Crippen LogP contribution in [0.15, 0.2) is 24.3 Å². The highest BCUT2D eigenvalue weighted by Gasteiger charge is 2.43. The zero-order valence-corrected chi connectivity index (χ0v) is 12.4. The number of hydrogen-bond donors (Lipinski definition) is 1. The van der Waals surface area contributed by atoms with Crippen molar-refractivity contribution in [3.63, 3.8) is 0 Å². The van der Waals surface area contributed by atoms with Crippen molar-refractivity contribution in [2.75, 3.05) is 0 Å². The van der Waals surface area contributed by atoms with Crippen LogP contribution in [-0.2, 0) is 9.59 Å². The molecule has 0 bridgehead atoms. The van der Waals surface area contributed by atoms with Gasteiger partial charge in [-0.2, -0.15) is 0 Å². The highest BCUT2D eigenvalue weighted by molar-refractivity contribution is 5.82.